The summed E-state index contributed by atoms with van der Waals surface area (Å²) in [4.78, 5) is 15.0. The van der Waals surface area contributed by atoms with Gasteiger partial charge in [0.25, 0.3) is 0 Å². The lowest BCUT2D eigenvalue weighted by Gasteiger charge is -2.44. The minimum Gasteiger partial charge on any atom is -0.375 e. The maximum Gasteiger partial charge on any atom is 0.225 e. The molecule has 0 aromatic heterocycles. The molecule has 5 heteroatoms. The van der Waals surface area contributed by atoms with E-state index < -0.39 is 0 Å². The Balaban J connectivity index is 1.52. The first-order chi connectivity index (χ1) is 17.2. The summed E-state index contributed by atoms with van der Waals surface area (Å²) in [5.41, 5.74) is 3.22. The van der Waals surface area contributed by atoms with Gasteiger partial charge in [0, 0.05) is 6.54 Å². The Morgan fingerprint density at radius 1 is 0.771 bits per heavy atom. The minimum atomic E-state index is -0.377. The fourth-order valence-electron chi connectivity index (χ4n) is 4.36. The SMILES string of the molecule is C=CCN1C(=O)C[C@@H](OCc2ccccc2)[C@H](OCc2ccccc2)[C@H]1COCc1ccccc1. The van der Waals surface area contributed by atoms with Gasteiger partial charge in [0.2, 0.25) is 5.91 Å². The highest BCUT2D eigenvalue weighted by molar-refractivity contribution is 5.78. The van der Waals surface area contributed by atoms with Crippen molar-refractivity contribution >= 4 is 5.91 Å². The van der Waals surface area contributed by atoms with E-state index in [1.54, 1.807) is 6.08 Å². The quantitative estimate of drug-likeness (QED) is 0.342. The molecular weight excluding hydrogens is 438 g/mol. The van der Waals surface area contributed by atoms with Crippen LogP contribution in [0.25, 0.3) is 0 Å². The van der Waals surface area contributed by atoms with Gasteiger partial charge >= 0.3 is 0 Å². The molecule has 1 heterocycles. The predicted octanol–water partition coefficient (Wildman–Crippen LogP) is 5.16. The molecule has 4 rings (SSSR count). The molecular formula is C30H33NO4. The average molecular weight is 472 g/mol. The van der Waals surface area contributed by atoms with Crippen LogP contribution >= 0.6 is 0 Å². The predicted molar refractivity (Wildman–Crippen MR) is 136 cm³/mol. The summed E-state index contributed by atoms with van der Waals surface area (Å²) < 4.78 is 18.9. The maximum atomic E-state index is 13.2. The first kappa shape index (κ1) is 24.9. The monoisotopic (exact) mass is 471 g/mol. The number of likely N-dealkylation sites (tertiary alicyclic amines) is 1. The Kier molecular flexibility index (Phi) is 9.24. The van der Waals surface area contributed by atoms with Crippen LogP contribution in [0, 0.1) is 0 Å². The van der Waals surface area contributed by atoms with Crippen molar-refractivity contribution in [2.45, 2.75) is 44.5 Å². The van der Waals surface area contributed by atoms with Crippen molar-refractivity contribution in [3.8, 4) is 0 Å². The molecule has 1 aliphatic rings. The third kappa shape index (κ3) is 7.12. The van der Waals surface area contributed by atoms with Crippen molar-refractivity contribution in [1.82, 2.24) is 4.90 Å². The van der Waals surface area contributed by atoms with Crippen LogP contribution in [0.3, 0.4) is 0 Å². The van der Waals surface area contributed by atoms with E-state index in [9.17, 15) is 4.79 Å². The van der Waals surface area contributed by atoms with Crippen LogP contribution in [0.15, 0.2) is 104 Å². The van der Waals surface area contributed by atoms with Crippen molar-refractivity contribution in [3.05, 3.63) is 120 Å². The Hall–Kier alpha value is -3.25. The second-order valence-corrected chi connectivity index (χ2v) is 8.70. The van der Waals surface area contributed by atoms with E-state index in [4.69, 9.17) is 14.2 Å². The van der Waals surface area contributed by atoms with Crippen LogP contribution in [0.1, 0.15) is 23.1 Å². The molecule has 0 aliphatic carbocycles. The van der Waals surface area contributed by atoms with Gasteiger partial charge in [-0.1, -0.05) is 97.1 Å². The third-order valence-electron chi connectivity index (χ3n) is 6.16. The van der Waals surface area contributed by atoms with Gasteiger partial charge in [-0.15, -0.1) is 6.58 Å². The summed E-state index contributed by atoms with van der Waals surface area (Å²) in [6.07, 6.45) is 1.29. The number of amides is 1. The number of rotatable bonds is 12. The minimum absolute atomic E-state index is 0.0239. The third-order valence-corrected chi connectivity index (χ3v) is 6.16. The lowest BCUT2D eigenvalue weighted by molar-refractivity contribution is -0.175. The molecule has 182 valence electrons. The van der Waals surface area contributed by atoms with Crippen molar-refractivity contribution in [2.75, 3.05) is 13.2 Å². The lowest BCUT2D eigenvalue weighted by atomic mass is 9.95. The molecule has 0 saturated carbocycles. The smallest absolute Gasteiger partial charge is 0.225 e. The molecule has 3 aromatic carbocycles. The zero-order chi connectivity index (χ0) is 24.3. The summed E-state index contributed by atoms with van der Waals surface area (Å²) in [5, 5.41) is 0. The van der Waals surface area contributed by atoms with Gasteiger partial charge in [-0.2, -0.15) is 0 Å². The average Bonchev–Trinajstić information content (AvgIpc) is 2.90. The lowest BCUT2D eigenvalue weighted by Crippen LogP contribution is -2.60. The molecule has 0 radical (unpaired) electrons. The number of benzene rings is 3. The molecule has 0 N–H and O–H groups in total. The normalized spacial score (nSPS) is 20.1. The number of nitrogens with zero attached hydrogens (tertiary/aromatic N) is 1. The topological polar surface area (TPSA) is 48.0 Å². The molecule has 1 fully saturated rings. The molecule has 0 unspecified atom stereocenters. The second kappa shape index (κ2) is 13.0. The van der Waals surface area contributed by atoms with Gasteiger partial charge in [-0.05, 0) is 16.7 Å². The maximum absolute atomic E-state index is 13.2. The van der Waals surface area contributed by atoms with Gasteiger partial charge in [-0.25, -0.2) is 0 Å². The Morgan fingerprint density at radius 3 is 1.83 bits per heavy atom. The van der Waals surface area contributed by atoms with Gasteiger partial charge in [0.05, 0.1) is 45.0 Å². The molecule has 1 saturated heterocycles. The van der Waals surface area contributed by atoms with Crippen molar-refractivity contribution < 1.29 is 19.0 Å². The van der Waals surface area contributed by atoms with Crippen molar-refractivity contribution in [3.63, 3.8) is 0 Å². The van der Waals surface area contributed by atoms with Crippen molar-refractivity contribution in [2.24, 2.45) is 0 Å². The molecule has 0 spiro atoms. The molecule has 35 heavy (non-hydrogen) atoms. The van der Waals surface area contributed by atoms with Crippen LogP contribution < -0.4 is 0 Å². The summed E-state index contributed by atoms with van der Waals surface area (Å²) >= 11 is 0. The van der Waals surface area contributed by atoms with Gasteiger partial charge in [0.1, 0.15) is 6.10 Å². The van der Waals surface area contributed by atoms with Crippen LogP contribution in [-0.2, 0) is 38.8 Å². The van der Waals surface area contributed by atoms with E-state index >= 15 is 0 Å². The highest BCUT2D eigenvalue weighted by Crippen LogP contribution is 2.27. The highest BCUT2D eigenvalue weighted by atomic mass is 16.5. The number of hydrogen-bond acceptors (Lipinski definition) is 4. The number of piperidine rings is 1. The molecule has 5 nitrogen and oxygen atoms in total. The zero-order valence-electron chi connectivity index (χ0n) is 20.0. The standard InChI is InChI=1S/C30H33NO4/c1-2-18-31-27(23-33-20-24-12-6-3-7-13-24)30(35-22-26-16-10-5-11-17-26)28(19-29(31)32)34-21-25-14-8-4-9-15-25/h2-17,27-28,30H,1,18-23H2/t27-,28-,30-/m1/s1. The Bertz CT molecular complexity index is 1040. The van der Waals surface area contributed by atoms with Crippen LogP contribution in [-0.4, -0.2) is 42.2 Å². The van der Waals surface area contributed by atoms with E-state index in [0.29, 0.717) is 33.0 Å². The van der Waals surface area contributed by atoms with E-state index in [1.807, 2.05) is 95.9 Å². The highest BCUT2D eigenvalue weighted by Gasteiger charge is 2.43. The number of hydrogen-bond donors (Lipinski definition) is 0. The summed E-state index contributed by atoms with van der Waals surface area (Å²) in [6.45, 7) is 5.96. The fraction of sp³-hybridized carbons (Fsp3) is 0.300. The molecule has 3 aromatic rings. The number of carbonyl (C=O) groups is 1. The van der Waals surface area contributed by atoms with Crippen LogP contribution in [0.4, 0.5) is 0 Å². The van der Waals surface area contributed by atoms with E-state index in [2.05, 4.69) is 6.58 Å². The summed E-state index contributed by atoms with van der Waals surface area (Å²) in [6, 6.07) is 29.8. The molecule has 1 amide bonds. The summed E-state index contributed by atoms with van der Waals surface area (Å²) in [7, 11) is 0. The Labute approximate surface area is 207 Å². The molecule has 1 aliphatic heterocycles. The first-order valence-corrected chi connectivity index (χ1v) is 12.1. The van der Waals surface area contributed by atoms with Crippen molar-refractivity contribution in [1.29, 1.82) is 0 Å². The molecule has 0 bridgehead atoms. The second-order valence-electron chi connectivity index (χ2n) is 8.70. The van der Waals surface area contributed by atoms with E-state index in [1.165, 1.54) is 0 Å². The molecule has 3 atom stereocenters. The fourth-order valence-corrected chi connectivity index (χ4v) is 4.36. The summed E-state index contributed by atoms with van der Waals surface area (Å²) in [5.74, 6) is 0.0239. The van der Waals surface area contributed by atoms with Crippen LogP contribution in [0.5, 0.6) is 0 Å². The van der Waals surface area contributed by atoms with E-state index in [-0.39, 0.29) is 30.6 Å². The largest absolute Gasteiger partial charge is 0.375 e. The van der Waals surface area contributed by atoms with Gasteiger partial charge in [-0.3, -0.25) is 4.79 Å². The zero-order valence-corrected chi connectivity index (χ0v) is 20.0. The number of carbonyl (C=O) groups excluding carboxylic acids is 1. The number of ether oxygens (including phenoxy) is 3. The van der Waals surface area contributed by atoms with Gasteiger partial charge < -0.3 is 19.1 Å². The Morgan fingerprint density at radius 2 is 1.29 bits per heavy atom. The first-order valence-electron chi connectivity index (χ1n) is 12.1. The van der Waals surface area contributed by atoms with E-state index in [0.717, 1.165) is 16.7 Å². The van der Waals surface area contributed by atoms with Gasteiger partial charge in [0.15, 0.2) is 0 Å². The van der Waals surface area contributed by atoms with Crippen LogP contribution in [0.2, 0.25) is 0 Å².